The molecule has 3 aromatic rings. The SMILES string of the molecule is O=C(CC1Sc2ccccc2NC1=O)NCc1ccc(Cn2ccnc2)cc1. The molecule has 0 saturated carbocycles. The minimum Gasteiger partial charge on any atom is -0.352 e. The highest BCUT2D eigenvalue weighted by Crippen LogP contribution is 2.36. The van der Waals surface area contributed by atoms with Crippen molar-refractivity contribution in [3.63, 3.8) is 0 Å². The van der Waals surface area contributed by atoms with E-state index in [1.807, 2.05) is 59.3 Å². The number of carbonyl (C=O) groups is 2. The Kier molecular flexibility index (Phi) is 5.43. The zero-order valence-corrected chi connectivity index (χ0v) is 16.0. The summed E-state index contributed by atoms with van der Waals surface area (Å²) in [6, 6.07) is 15.7. The van der Waals surface area contributed by atoms with E-state index in [-0.39, 0.29) is 18.2 Å². The first-order chi connectivity index (χ1) is 13.7. The summed E-state index contributed by atoms with van der Waals surface area (Å²) in [4.78, 5) is 29.6. The molecule has 2 aromatic carbocycles. The average molecular weight is 392 g/mol. The van der Waals surface area contributed by atoms with Gasteiger partial charge in [-0.1, -0.05) is 36.4 Å². The Morgan fingerprint density at radius 3 is 2.71 bits per heavy atom. The number of carbonyl (C=O) groups excluding carboxylic acids is 2. The predicted octanol–water partition coefficient (Wildman–Crippen LogP) is 3.05. The molecule has 0 bridgehead atoms. The van der Waals surface area contributed by atoms with Gasteiger partial charge < -0.3 is 15.2 Å². The van der Waals surface area contributed by atoms with Gasteiger partial charge in [0.25, 0.3) is 0 Å². The summed E-state index contributed by atoms with van der Waals surface area (Å²) < 4.78 is 2.00. The van der Waals surface area contributed by atoms with Crippen molar-refractivity contribution in [1.29, 1.82) is 0 Å². The highest BCUT2D eigenvalue weighted by atomic mass is 32.2. The van der Waals surface area contributed by atoms with Crippen LogP contribution in [0.4, 0.5) is 5.69 Å². The number of anilines is 1. The molecule has 0 saturated heterocycles. The highest BCUT2D eigenvalue weighted by molar-refractivity contribution is 8.01. The lowest BCUT2D eigenvalue weighted by Gasteiger charge is -2.23. The molecule has 142 valence electrons. The largest absolute Gasteiger partial charge is 0.352 e. The van der Waals surface area contributed by atoms with Crippen molar-refractivity contribution >= 4 is 29.3 Å². The van der Waals surface area contributed by atoms with Crippen LogP contribution in [0.3, 0.4) is 0 Å². The first-order valence-corrected chi connectivity index (χ1v) is 9.92. The van der Waals surface area contributed by atoms with Gasteiger partial charge in [0, 0.05) is 36.8 Å². The predicted molar refractivity (Wildman–Crippen MR) is 109 cm³/mol. The van der Waals surface area contributed by atoms with Crippen molar-refractivity contribution < 1.29 is 9.59 Å². The molecule has 1 atom stereocenters. The second kappa shape index (κ2) is 8.31. The van der Waals surface area contributed by atoms with Crippen LogP contribution >= 0.6 is 11.8 Å². The van der Waals surface area contributed by atoms with Gasteiger partial charge >= 0.3 is 0 Å². The number of nitrogens with zero attached hydrogens (tertiary/aromatic N) is 2. The van der Waals surface area contributed by atoms with E-state index in [0.29, 0.717) is 6.54 Å². The number of rotatable bonds is 6. The van der Waals surface area contributed by atoms with Gasteiger partial charge in [0.05, 0.1) is 17.3 Å². The van der Waals surface area contributed by atoms with E-state index >= 15 is 0 Å². The van der Waals surface area contributed by atoms with Gasteiger partial charge in [-0.3, -0.25) is 9.59 Å². The summed E-state index contributed by atoms with van der Waals surface area (Å²) in [6.07, 6.45) is 5.62. The van der Waals surface area contributed by atoms with E-state index < -0.39 is 5.25 Å². The molecule has 6 nitrogen and oxygen atoms in total. The van der Waals surface area contributed by atoms with Crippen LogP contribution < -0.4 is 10.6 Å². The fourth-order valence-corrected chi connectivity index (χ4v) is 4.13. The third-order valence-electron chi connectivity index (χ3n) is 4.51. The molecule has 2 heterocycles. The molecular formula is C21H20N4O2S. The fourth-order valence-electron chi connectivity index (χ4n) is 3.02. The third-order valence-corrected chi connectivity index (χ3v) is 5.79. The molecule has 7 heteroatoms. The summed E-state index contributed by atoms with van der Waals surface area (Å²) in [5, 5.41) is 5.37. The molecule has 2 N–H and O–H groups in total. The van der Waals surface area contributed by atoms with Gasteiger partial charge in [0.2, 0.25) is 11.8 Å². The molecule has 0 spiro atoms. The number of amides is 2. The zero-order chi connectivity index (χ0) is 19.3. The van der Waals surface area contributed by atoms with E-state index in [4.69, 9.17) is 0 Å². The van der Waals surface area contributed by atoms with Crippen molar-refractivity contribution in [3.8, 4) is 0 Å². The molecule has 1 aliphatic heterocycles. The van der Waals surface area contributed by atoms with Crippen LogP contribution in [0.5, 0.6) is 0 Å². The van der Waals surface area contributed by atoms with Gasteiger partial charge in [0.15, 0.2) is 0 Å². The van der Waals surface area contributed by atoms with Crippen molar-refractivity contribution in [1.82, 2.24) is 14.9 Å². The van der Waals surface area contributed by atoms with Gasteiger partial charge in [-0.25, -0.2) is 4.98 Å². The van der Waals surface area contributed by atoms with Gasteiger partial charge in [-0.05, 0) is 23.3 Å². The molecule has 0 fully saturated rings. The van der Waals surface area contributed by atoms with Crippen molar-refractivity contribution in [2.45, 2.75) is 29.7 Å². The normalized spacial score (nSPS) is 15.6. The Hall–Kier alpha value is -3.06. The van der Waals surface area contributed by atoms with Crippen molar-refractivity contribution in [2.75, 3.05) is 5.32 Å². The van der Waals surface area contributed by atoms with E-state index in [2.05, 4.69) is 15.6 Å². The maximum Gasteiger partial charge on any atom is 0.238 e. The van der Waals surface area contributed by atoms with Gasteiger partial charge in [-0.2, -0.15) is 0 Å². The van der Waals surface area contributed by atoms with E-state index in [1.54, 1.807) is 12.5 Å². The van der Waals surface area contributed by atoms with Gasteiger partial charge in [0.1, 0.15) is 0 Å². The van der Waals surface area contributed by atoms with E-state index in [9.17, 15) is 9.59 Å². The first-order valence-electron chi connectivity index (χ1n) is 9.04. The number of hydrogen-bond donors (Lipinski definition) is 2. The van der Waals surface area contributed by atoms with Crippen LogP contribution in [-0.4, -0.2) is 26.6 Å². The second-order valence-corrected chi connectivity index (χ2v) is 7.87. The van der Waals surface area contributed by atoms with Crippen LogP contribution in [0.1, 0.15) is 17.5 Å². The quantitative estimate of drug-likeness (QED) is 0.676. The number of para-hydroxylation sites is 1. The number of fused-ring (bicyclic) bond motifs is 1. The Morgan fingerprint density at radius 2 is 1.93 bits per heavy atom. The van der Waals surface area contributed by atoms with Crippen LogP contribution in [0, 0.1) is 0 Å². The fraction of sp³-hybridized carbons (Fsp3) is 0.190. The summed E-state index contributed by atoms with van der Waals surface area (Å²) in [7, 11) is 0. The third kappa shape index (κ3) is 4.43. The van der Waals surface area contributed by atoms with Crippen LogP contribution in [0.15, 0.2) is 72.1 Å². The Morgan fingerprint density at radius 1 is 1.14 bits per heavy atom. The van der Waals surface area contributed by atoms with Crippen molar-refractivity contribution in [2.24, 2.45) is 0 Å². The lowest BCUT2D eigenvalue weighted by molar-refractivity contribution is -0.124. The Balaban J connectivity index is 1.28. The second-order valence-electron chi connectivity index (χ2n) is 6.62. The molecule has 0 aliphatic carbocycles. The molecule has 2 amide bonds. The molecule has 0 radical (unpaired) electrons. The summed E-state index contributed by atoms with van der Waals surface area (Å²) in [5.41, 5.74) is 3.00. The minimum atomic E-state index is -0.410. The average Bonchev–Trinajstić information content (AvgIpc) is 3.21. The summed E-state index contributed by atoms with van der Waals surface area (Å²) >= 11 is 1.44. The molecule has 1 aliphatic rings. The van der Waals surface area contributed by atoms with E-state index in [0.717, 1.165) is 22.7 Å². The van der Waals surface area contributed by atoms with Crippen LogP contribution in [0.2, 0.25) is 0 Å². The number of benzene rings is 2. The number of thioether (sulfide) groups is 1. The lowest BCUT2D eigenvalue weighted by Crippen LogP contribution is -2.34. The number of hydrogen-bond acceptors (Lipinski definition) is 4. The zero-order valence-electron chi connectivity index (χ0n) is 15.2. The topological polar surface area (TPSA) is 76.0 Å². The maximum absolute atomic E-state index is 12.3. The Labute approximate surface area is 167 Å². The summed E-state index contributed by atoms with van der Waals surface area (Å²) in [6.45, 7) is 1.21. The number of imidazole rings is 1. The molecule has 28 heavy (non-hydrogen) atoms. The van der Waals surface area contributed by atoms with Gasteiger partial charge in [-0.15, -0.1) is 11.8 Å². The molecule has 1 unspecified atom stereocenters. The standard InChI is InChI=1S/C21H20N4O2S/c26-20(11-19-21(27)24-17-3-1-2-4-18(17)28-19)23-12-15-5-7-16(8-6-15)13-25-10-9-22-14-25/h1-10,14,19H,11-13H2,(H,23,26)(H,24,27). The maximum atomic E-state index is 12.3. The minimum absolute atomic E-state index is 0.122. The monoisotopic (exact) mass is 392 g/mol. The highest BCUT2D eigenvalue weighted by Gasteiger charge is 2.28. The molecular weight excluding hydrogens is 372 g/mol. The smallest absolute Gasteiger partial charge is 0.238 e. The molecule has 1 aromatic heterocycles. The van der Waals surface area contributed by atoms with Crippen LogP contribution in [0.25, 0.3) is 0 Å². The van der Waals surface area contributed by atoms with Crippen LogP contribution in [-0.2, 0) is 22.7 Å². The number of aromatic nitrogens is 2. The first kappa shape index (κ1) is 18.3. The van der Waals surface area contributed by atoms with E-state index in [1.165, 1.54) is 17.3 Å². The lowest BCUT2D eigenvalue weighted by atomic mass is 10.1. The Bertz CT molecular complexity index is 970. The molecule has 4 rings (SSSR count). The summed E-state index contributed by atoms with van der Waals surface area (Å²) in [5.74, 6) is -0.253. The number of nitrogens with one attached hydrogen (secondary N) is 2. The van der Waals surface area contributed by atoms with Crippen molar-refractivity contribution in [3.05, 3.63) is 78.4 Å².